The maximum atomic E-state index is 15.4. The van der Waals surface area contributed by atoms with Crippen molar-refractivity contribution in [3.05, 3.63) is 120 Å². The molecule has 4 heterocycles. The molecule has 2 saturated heterocycles. The van der Waals surface area contributed by atoms with E-state index >= 15 is 8.78 Å². The molecule has 2 aliphatic rings. The van der Waals surface area contributed by atoms with Crippen molar-refractivity contribution in [2.75, 3.05) is 49.1 Å². The van der Waals surface area contributed by atoms with Crippen molar-refractivity contribution < 1.29 is 37.4 Å². The van der Waals surface area contributed by atoms with Gasteiger partial charge in [-0.25, -0.2) is 37.5 Å². The van der Waals surface area contributed by atoms with Gasteiger partial charge in [0.1, 0.15) is 58.5 Å². The number of halogens is 7. The molecule has 2 N–H and O–H groups in total. The number of carbonyl (C=O) groups is 2. The van der Waals surface area contributed by atoms with Gasteiger partial charge < -0.3 is 24.9 Å². The predicted molar refractivity (Wildman–Crippen MR) is 229 cm³/mol. The van der Waals surface area contributed by atoms with E-state index in [0.717, 1.165) is 50.6 Å². The zero-order chi connectivity index (χ0) is 44.0. The van der Waals surface area contributed by atoms with Crippen LogP contribution in [0.1, 0.15) is 19.3 Å². The van der Waals surface area contributed by atoms with Crippen molar-refractivity contribution in [1.29, 1.82) is 0 Å². The summed E-state index contributed by atoms with van der Waals surface area (Å²) in [6, 6.07) is 10.5. The Hall–Kier alpha value is -6.03. The lowest BCUT2D eigenvalue weighted by Gasteiger charge is -2.35. The van der Waals surface area contributed by atoms with E-state index in [2.05, 4.69) is 38.0 Å². The molecular formula is C43H36Cl3F4N7O4. The molecule has 0 unspecified atom stereocenters. The van der Waals surface area contributed by atoms with E-state index in [1.54, 1.807) is 11.0 Å². The SMILES string of the molecule is C=CC(=O)Cl.C=CC(=O)N1CCN(c2ncnc3c(F)c(-c4c(O)cccc4F)c(Cl)cc23)CC1.Oc1cccc(F)c1-c1c(Cl)cc2c(N3CCCCC3)ncnc2c1F. The maximum Gasteiger partial charge on any atom is 0.246 e. The van der Waals surface area contributed by atoms with Gasteiger partial charge >= 0.3 is 0 Å². The fourth-order valence-electron chi connectivity index (χ4n) is 7.09. The summed E-state index contributed by atoms with van der Waals surface area (Å²) in [6.45, 7) is 10.1. The minimum absolute atomic E-state index is 0.00320. The molecule has 2 fully saturated rings. The molecule has 0 spiro atoms. The summed E-state index contributed by atoms with van der Waals surface area (Å²) in [5.41, 5.74) is -1.02. The standard InChI is InChI=1S/C21H17ClF2N4O2.C19H16ClF2N3O.C3H3ClO/c1-2-16(30)27-6-8-28(9-7-27)21-12-10-13(22)17(19(24)20(12)25-11-26-21)18-14(23)4-3-5-15(18)29;20-12-9-11-18(23-10-24-19(11)25-7-2-1-3-8-25)17(22)15(12)16-13(21)5-4-6-14(16)26;1-2-3(4)5/h2-5,10-11,29H,1,6-9H2;4-6,9-10,26H,1-3,7-8H2;2H,1H2. The number of piperazine rings is 1. The van der Waals surface area contributed by atoms with Gasteiger partial charge in [0, 0.05) is 61.2 Å². The van der Waals surface area contributed by atoms with Gasteiger partial charge in [0.2, 0.25) is 11.1 Å². The van der Waals surface area contributed by atoms with E-state index in [1.165, 1.54) is 49.1 Å². The molecule has 8 rings (SSSR count). The van der Waals surface area contributed by atoms with Crippen LogP contribution in [0, 0.1) is 23.3 Å². The average Bonchev–Trinajstić information content (AvgIpc) is 3.26. The average molecular weight is 897 g/mol. The lowest BCUT2D eigenvalue weighted by Crippen LogP contribution is -2.48. The normalized spacial score (nSPS) is 13.9. The van der Waals surface area contributed by atoms with E-state index in [-0.39, 0.29) is 55.0 Å². The molecule has 4 aromatic carbocycles. The first-order valence-electron chi connectivity index (χ1n) is 18.7. The molecule has 6 aromatic rings. The highest BCUT2D eigenvalue weighted by molar-refractivity contribution is 6.66. The lowest BCUT2D eigenvalue weighted by molar-refractivity contribution is -0.126. The number of phenolic OH excluding ortho intramolecular Hbond substituents is 2. The third kappa shape index (κ3) is 9.48. The van der Waals surface area contributed by atoms with Crippen LogP contribution in [0.3, 0.4) is 0 Å². The van der Waals surface area contributed by atoms with Gasteiger partial charge in [-0.1, -0.05) is 48.5 Å². The van der Waals surface area contributed by atoms with Gasteiger partial charge in [-0.05, 0) is 79.4 Å². The van der Waals surface area contributed by atoms with Gasteiger partial charge in [-0.2, -0.15) is 0 Å². The first kappa shape index (κ1) is 44.5. The van der Waals surface area contributed by atoms with Crippen LogP contribution in [-0.4, -0.2) is 85.5 Å². The van der Waals surface area contributed by atoms with E-state index in [9.17, 15) is 28.6 Å². The fourth-order valence-corrected chi connectivity index (χ4v) is 7.66. The van der Waals surface area contributed by atoms with Gasteiger partial charge in [0.05, 0.1) is 21.2 Å². The number of allylic oxidation sites excluding steroid dienone is 1. The molecule has 18 heteroatoms. The van der Waals surface area contributed by atoms with Gasteiger partial charge in [-0.15, -0.1) is 0 Å². The molecule has 61 heavy (non-hydrogen) atoms. The Morgan fingerprint density at radius 2 is 1.05 bits per heavy atom. The molecule has 0 atom stereocenters. The number of nitrogens with zero attached hydrogens (tertiary/aromatic N) is 7. The number of fused-ring (bicyclic) bond motifs is 2. The second kappa shape index (κ2) is 19.6. The van der Waals surface area contributed by atoms with Crippen LogP contribution in [0.4, 0.5) is 29.2 Å². The number of aromatic hydroxyl groups is 2. The summed E-state index contributed by atoms with van der Waals surface area (Å²) in [5.74, 6) is -3.03. The number of piperidine rings is 1. The third-order valence-corrected chi connectivity index (χ3v) is 10.7. The second-order valence-corrected chi connectivity index (χ2v) is 14.8. The third-order valence-electron chi connectivity index (χ3n) is 9.97. The molecule has 1 amide bonds. The lowest BCUT2D eigenvalue weighted by atomic mass is 10.0. The van der Waals surface area contributed by atoms with Gasteiger partial charge in [0.15, 0.2) is 11.6 Å². The van der Waals surface area contributed by atoms with Gasteiger partial charge in [-0.3, -0.25) is 9.59 Å². The molecule has 0 aliphatic carbocycles. The summed E-state index contributed by atoms with van der Waals surface area (Å²) in [4.78, 5) is 43.6. The van der Waals surface area contributed by atoms with Crippen molar-refractivity contribution in [2.45, 2.75) is 19.3 Å². The molecule has 2 aliphatic heterocycles. The molecular weight excluding hydrogens is 861 g/mol. The molecule has 0 radical (unpaired) electrons. The summed E-state index contributed by atoms with van der Waals surface area (Å²) < 4.78 is 59.2. The number of carbonyl (C=O) groups excluding carboxylic acids is 2. The van der Waals surface area contributed by atoms with Crippen LogP contribution in [0.5, 0.6) is 11.5 Å². The topological polar surface area (TPSA) is 136 Å². The van der Waals surface area contributed by atoms with Crippen LogP contribution in [0.25, 0.3) is 44.1 Å². The van der Waals surface area contributed by atoms with E-state index in [1.807, 2.05) is 4.90 Å². The van der Waals surface area contributed by atoms with E-state index < -0.39 is 34.3 Å². The fraction of sp³-hybridized carbons (Fsp3) is 0.209. The van der Waals surface area contributed by atoms with Crippen molar-refractivity contribution in [3.8, 4) is 33.8 Å². The van der Waals surface area contributed by atoms with Crippen LogP contribution in [0.15, 0.2) is 86.5 Å². The van der Waals surface area contributed by atoms with Crippen molar-refractivity contribution in [2.24, 2.45) is 0 Å². The number of benzene rings is 4. The van der Waals surface area contributed by atoms with Crippen molar-refractivity contribution >= 4 is 79.4 Å². The number of amides is 1. The summed E-state index contributed by atoms with van der Waals surface area (Å²) in [5, 5.41) is 20.4. The largest absolute Gasteiger partial charge is 0.507 e. The minimum Gasteiger partial charge on any atom is -0.507 e. The van der Waals surface area contributed by atoms with E-state index in [4.69, 9.17) is 34.8 Å². The Morgan fingerprint density at radius 3 is 1.44 bits per heavy atom. The maximum absolute atomic E-state index is 15.4. The zero-order valence-corrected chi connectivity index (χ0v) is 34.5. The molecule has 11 nitrogen and oxygen atoms in total. The van der Waals surface area contributed by atoms with Crippen molar-refractivity contribution in [3.63, 3.8) is 0 Å². The summed E-state index contributed by atoms with van der Waals surface area (Å²) >= 11 is 17.3. The summed E-state index contributed by atoms with van der Waals surface area (Å²) in [7, 11) is 0. The number of hydrogen-bond donors (Lipinski definition) is 2. The molecule has 0 bridgehead atoms. The molecule has 0 saturated carbocycles. The summed E-state index contributed by atoms with van der Waals surface area (Å²) in [6.07, 6.45) is 8.08. The smallest absolute Gasteiger partial charge is 0.246 e. The predicted octanol–water partition coefficient (Wildman–Crippen LogP) is 9.63. The number of hydrogen-bond acceptors (Lipinski definition) is 10. The minimum atomic E-state index is -0.845. The molecule has 316 valence electrons. The highest BCUT2D eigenvalue weighted by Crippen LogP contribution is 2.43. The number of rotatable bonds is 6. The van der Waals surface area contributed by atoms with Crippen LogP contribution >= 0.6 is 34.8 Å². The number of phenols is 2. The van der Waals surface area contributed by atoms with Crippen LogP contribution in [-0.2, 0) is 9.59 Å². The monoisotopic (exact) mass is 895 g/mol. The number of anilines is 2. The van der Waals surface area contributed by atoms with E-state index in [0.29, 0.717) is 48.6 Å². The second-order valence-electron chi connectivity index (χ2n) is 13.6. The number of aromatic nitrogens is 4. The zero-order valence-electron chi connectivity index (χ0n) is 32.2. The Balaban J connectivity index is 0.000000185. The highest BCUT2D eigenvalue weighted by atomic mass is 35.5. The van der Waals surface area contributed by atoms with Gasteiger partial charge in [0.25, 0.3) is 0 Å². The van der Waals surface area contributed by atoms with Crippen LogP contribution in [0.2, 0.25) is 10.0 Å². The van der Waals surface area contributed by atoms with Crippen molar-refractivity contribution in [1.82, 2.24) is 24.8 Å². The Morgan fingerprint density at radius 1 is 0.623 bits per heavy atom. The quantitative estimate of drug-likeness (QED) is 0.0946. The highest BCUT2D eigenvalue weighted by Gasteiger charge is 2.27. The molecule has 2 aromatic heterocycles. The van der Waals surface area contributed by atoms with Crippen LogP contribution < -0.4 is 9.80 Å². The Labute approximate surface area is 362 Å². The Bertz CT molecular complexity index is 2620. The first-order chi connectivity index (χ1) is 29.3. The Kier molecular flexibility index (Phi) is 14.3. The first-order valence-corrected chi connectivity index (χ1v) is 19.8.